The van der Waals surface area contributed by atoms with Crippen molar-refractivity contribution in [2.75, 3.05) is 32.8 Å². The molecule has 1 saturated heterocycles. The van der Waals surface area contributed by atoms with Gasteiger partial charge in [-0.05, 0) is 6.92 Å². The van der Waals surface area contributed by atoms with Gasteiger partial charge in [-0.25, -0.2) is 4.98 Å². The highest BCUT2D eigenvalue weighted by molar-refractivity contribution is 7.09. The Labute approximate surface area is 128 Å². The van der Waals surface area contributed by atoms with Crippen LogP contribution in [0.5, 0.6) is 0 Å². The van der Waals surface area contributed by atoms with Crippen molar-refractivity contribution in [2.24, 2.45) is 0 Å². The topological polar surface area (TPSA) is 54.5 Å². The molecule has 0 bridgehead atoms. The van der Waals surface area contributed by atoms with E-state index < -0.39 is 0 Å². The van der Waals surface area contributed by atoms with Crippen LogP contribution >= 0.6 is 22.9 Å². The fourth-order valence-electron chi connectivity index (χ4n) is 2.20. The maximum Gasteiger partial charge on any atom is 0.239 e. The number of nitrogens with one attached hydrogen (secondary N) is 1. The molecule has 1 aliphatic heterocycles. The Morgan fingerprint density at radius 3 is 3.25 bits per heavy atom. The number of hydrogen-bond acceptors (Lipinski definition) is 5. The zero-order chi connectivity index (χ0) is 14.4. The lowest BCUT2D eigenvalue weighted by molar-refractivity contribution is -0.132. The molecule has 5 nitrogen and oxygen atoms in total. The van der Waals surface area contributed by atoms with E-state index in [-0.39, 0.29) is 11.9 Å². The van der Waals surface area contributed by atoms with Crippen molar-refractivity contribution in [1.82, 2.24) is 15.2 Å². The summed E-state index contributed by atoms with van der Waals surface area (Å²) in [6.45, 7) is 5.33. The number of likely N-dealkylation sites (N-methyl/N-ethyl adjacent to an activating group) is 1. The Bertz CT molecular complexity index is 441. The van der Waals surface area contributed by atoms with E-state index in [0.29, 0.717) is 25.6 Å². The van der Waals surface area contributed by atoms with Crippen molar-refractivity contribution in [1.29, 1.82) is 0 Å². The molecule has 2 heterocycles. The molecule has 2 rings (SSSR count). The van der Waals surface area contributed by atoms with E-state index in [2.05, 4.69) is 15.2 Å². The minimum Gasteiger partial charge on any atom is -0.378 e. The molecule has 1 aliphatic rings. The van der Waals surface area contributed by atoms with E-state index in [4.69, 9.17) is 16.3 Å². The third kappa shape index (κ3) is 4.15. The Morgan fingerprint density at radius 2 is 2.55 bits per heavy atom. The van der Waals surface area contributed by atoms with Crippen LogP contribution in [0.25, 0.3) is 0 Å². The van der Waals surface area contributed by atoms with Crippen LogP contribution in [0.1, 0.15) is 17.6 Å². The molecule has 0 spiro atoms. The molecule has 0 saturated carbocycles. The summed E-state index contributed by atoms with van der Waals surface area (Å²) in [4.78, 5) is 18.6. The molecule has 112 valence electrons. The summed E-state index contributed by atoms with van der Waals surface area (Å²) in [5.74, 6) is 0.503. The van der Waals surface area contributed by atoms with Crippen LogP contribution in [0.2, 0.25) is 0 Å². The summed E-state index contributed by atoms with van der Waals surface area (Å²) in [6.07, 6.45) is 0.845. The highest BCUT2D eigenvalue weighted by Gasteiger charge is 2.28. The molecule has 1 amide bonds. The minimum atomic E-state index is -0.184. The highest BCUT2D eigenvalue weighted by atomic mass is 35.5. The molecule has 0 aromatic carbocycles. The van der Waals surface area contributed by atoms with Crippen LogP contribution in [0, 0.1) is 0 Å². The first-order valence-corrected chi connectivity index (χ1v) is 8.24. The third-order valence-electron chi connectivity index (χ3n) is 3.24. The van der Waals surface area contributed by atoms with Crippen LogP contribution in [-0.2, 0) is 21.8 Å². The summed E-state index contributed by atoms with van der Waals surface area (Å²) in [7, 11) is 0. The standard InChI is InChI=1S/C13H20ClN3O2S/c1-2-15-13(18)11-8-19-6-5-17(11)4-3-12-16-10(7-14)9-20-12/h9,11H,2-8H2,1H3,(H,15,18). The normalized spacial score (nSPS) is 20.0. The number of amides is 1. The second kappa shape index (κ2) is 7.93. The quantitative estimate of drug-likeness (QED) is 0.803. The zero-order valence-corrected chi connectivity index (χ0v) is 13.2. The average molecular weight is 318 g/mol. The number of hydrogen-bond donors (Lipinski definition) is 1. The molecular weight excluding hydrogens is 298 g/mol. The first-order chi connectivity index (χ1) is 9.74. The van der Waals surface area contributed by atoms with Gasteiger partial charge < -0.3 is 10.1 Å². The number of aromatic nitrogens is 1. The highest BCUT2D eigenvalue weighted by Crippen LogP contribution is 2.14. The summed E-state index contributed by atoms with van der Waals surface area (Å²) in [6, 6.07) is -0.184. The Kier molecular flexibility index (Phi) is 6.22. The molecular formula is C13H20ClN3O2S. The average Bonchev–Trinajstić information content (AvgIpc) is 2.93. The summed E-state index contributed by atoms with van der Waals surface area (Å²) >= 11 is 7.38. The minimum absolute atomic E-state index is 0.0489. The number of rotatable bonds is 6. The zero-order valence-electron chi connectivity index (χ0n) is 11.6. The van der Waals surface area contributed by atoms with Gasteiger partial charge >= 0.3 is 0 Å². The smallest absolute Gasteiger partial charge is 0.239 e. The van der Waals surface area contributed by atoms with E-state index in [1.54, 1.807) is 11.3 Å². The number of halogens is 1. The monoisotopic (exact) mass is 317 g/mol. The van der Waals surface area contributed by atoms with Crippen molar-refractivity contribution in [2.45, 2.75) is 25.3 Å². The van der Waals surface area contributed by atoms with Gasteiger partial charge in [-0.3, -0.25) is 9.69 Å². The second-order valence-electron chi connectivity index (χ2n) is 4.64. The molecule has 1 N–H and O–H groups in total. The number of morpholine rings is 1. The molecule has 1 unspecified atom stereocenters. The fourth-order valence-corrected chi connectivity index (χ4v) is 3.22. The molecule has 20 heavy (non-hydrogen) atoms. The van der Waals surface area contributed by atoms with Crippen LogP contribution < -0.4 is 5.32 Å². The van der Waals surface area contributed by atoms with E-state index in [1.165, 1.54) is 0 Å². The van der Waals surface area contributed by atoms with E-state index in [9.17, 15) is 4.79 Å². The van der Waals surface area contributed by atoms with E-state index in [0.717, 1.165) is 30.2 Å². The number of alkyl halides is 1. The van der Waals surface area contributed by atoms with Gasteiger partial charge in [0, 0.05) is 31.4 Å². The Morgan fingerprint density at radius 1 is 1.70 bits per heavy atom. The van der Waals surface area contributed by atoms with Gasteiger partial charge in [0.25, 0.3) is 0 Å². The van der Waals surface area contributed by atoms with Crippen LogP contribution in [0.15, 0.2) is 5.38 Å². The molecule has 0 radical (unpaired) electrons. The van der Waals surface area contributed by atoms with E-state index >= 15 is 0 Å². The lowest BCUT2D eigenvalue weighted by atomic mass is 10.2. The first-order valence-electron chi connectivity index (χ1n) is 6.83. The SMILES string of the molecule is CCNC(=O)C1COCCN1CCc1nc(CCl)cs1. The lowest BCUT2D eigenvalue weighted by Gasteiger charge is -2.34. The largest absolute Gasteiger partial charge is 0.378 e. The van der Waals surface area contributed by atoms with Crippen LogP contribution in [-0.4, -0.2) is 54.7 Å². The van der Waals surface area contributed by atoms with Crippen molar-refractivity contribution in [3.05, 3.63) is 16.1 Å². The predicted octanol–water partition coefficient (Wildman–Crippen LogP) is 1.26. The predicted molar refractivity (Wildman–Crippen MR) is 80.2 cm³/mol. The molecule has 7 heteroatoms. The van der Waals surface area contributed by atoms with Gasteiger partial charge in [0.05, 0.1) is 29.8 Å². The molecule has 1 aromatic rings. The molecule has 0 aliphatic carbocycles. The first kappa shape index (κ1) is 15.7. The number of carbonyl (C=O) groups excluding carboxylic acids is 1. The van der Waals surface area contributed by atoms with Gasteiger partial charge in [-0.2, -0.15) is 0 Å². The van der Waals surface area contributed by atoms with E-state index in [1.807, 2.05) is 12.3 Å². The number of nitrogens with zero attached hydrogens (tertiary/aromatic N) is 2. The summed E-state index contributed by atoms with van der Waals surface area (Å²) in [5, 5.41) is 5.93. The van der Waals surface area contributed by atoms with Crippen molar-refractivity contribution in [3.63, 3.8) is 0 Å². The van der Waals surface area contributed by atoms with Crippen LogP contribution in [0.4, 0.5) is 0 Å². The molecule has 1 fully saturated rings. The van der Waals surface area contributed by atoms with Crippen molar-refractivity contribution < 1.29 is 9.53 Å². The summed E-state index contributed by atoms with van der Waals surface area (Å²) in [5.41, 5.74) is 0.925. The van der Waals surface area contributed by atoms with Gasteiger partial charge in [0.1, 0.15) is 6.04 Å². The molecule has 1 aromatic heterocycles. The van der Waals surface area contributed by atoms with Crippen LogP contribution in [0.3, 0.4) is 0 Å². The van der Waals surface area contributed by atoms with Crippen molar-refractivity contribution >= 4 is 28.8 Å². The second-order valence-corrected chi connectivity index (χ2v) is 5.85. The fraction of sp³-hybridized carbons (Fsp3) is 0.692. The maximum absolute atomic E-state index is 12.0. The van der Waals surface area contributed by atoms with Gasteiger partial charge in [0.15, 0.2) is 0 Å². The van der Waals surface area contributed by atoms with Gasteiger partial charge in [-0.15, -0.1) is 22.9 Å². The van der Waals surface area contributed by atoms with Gasteiger partial charge in [-0.1, -0.05) is 0 Å². The van der Waals surface area contributed by atoms with Gasteiger partial charge in [0.2, 0.25) is 5.91 Å². The number of carbonyl (C=O) groups is 1. The number of thiazole rings is 1. The Balaban J connectivity index is 1.89. The molecule has 1 atom stereocenters. The van der Waals surface area contributed by atoms with Crippen molar-refractivity contribution in [3.8, 4) is 0 Å². The Hall–Kier alpha value is -0.690. The number of ether oxygens (including phenoxy) is 1. The lowest BCUT2D eigenvalue weighted by Crippen LogP contribution is -2.54. The maximum atomic E-state index is 12.0. The third-order valence-corrected chi connectivity index (χ3v) is 4.47. The summed E-state index contributed by atoms with van der Waals surface area (Å²) < 4.78 is 5.42.